The van der Waals surface area contributed by atoms with Crippen LogP contribution in [0.3, 0.4) is 0 Å². The Bertz CT molecular complexity index is 1730. The summed E-state index contributed by atoms with van der Waals surface area (Å²) in [4.78, 5) is 36.5. The van der Waals surface area contributed by atoms with Crippen molar-refractivity contribution >= 4 is 17.9 Å². The summed E-state index contributed by atoms with van der Waals surface area (Å²) >= 11 is 0. The second kappa shape index (κ2) is 13.3. The smallest absolute Gasteiger partial charge is 0.247 e. The van der Waals surface area contributed by atoms with Crippen molar-refractivity contribution in [2.75, 3.05) is 6.54 Å². The summed E-state index contributed by atoms with van der Waals surface area (Å²) in [7, 11) is 0. The predicted octanol–water partition coefficient (Wildman–Crippen LogP) is 5.81. The number of rotatable bonds is 9. The first-order chi connectivity index (χ1) is 21.5. The maximum absolute atomic E-state index is 14.5. The maximum Gasteiger partial charge on any atom is 0.247 e. The normalized spacial score (nSPS) is 13.4. The van der Waals surface area contributed by atoms with Crippen molar-refractivity contribution < 1.29 is 9.59 Å². The zero-order chi connectivity index (χ0) is 30.3. The molecule has 0 N–H and O–H groups in total. The van der Waals surface area contributed by atoms with Crippen molar-refractivity contribution in [3.05, 3.63) is 155 Å². The molecule has 0 saturated carbocycles. The zero-order valence-electron chi connectivity index (χ0n) is 24.8. The van der Waals surface area contributed by atoms with E-state index in [9.17, 15) is 9.59 Å². The molecule has 7 nitrogen and oxygen atoms in total. The van der Waals surface area contributed by atoms with Gasteiger partial charge in [0.1, 0.15) is 6.04 Å². The van der Waals surface area contributed by atoms with Gasteiger partial charge in [-0.2, -0.15) is 5.10 Å². The van der Waals surface area contributed by atoms with Crippen molar-refractivity contribution in [1.29, 1.82) is 0 Å². The van der Waals surface area contributed by atoms with Gasteiger partial charge in [-0.25, -0.2) is 4.68 Å². The minimum Gasteiger partial charge on any atom is -0.336 e. The lowest BCUT2D eigenvalue weighted by molar-refractivity contribution is -0.144. The van der Waals surface area contributed by atoms with Gasteiger partial charge in [-0.1, -0.05) is 72.8 Å². The molecule has 3 aromatic carbocycles. The molecule has 3 heterocycles. The van der Waals surface area contributed by atoms with Crippen molar-refractivity contribution in [2.24, 2.45) is 0 Å². The van der Waals surface area contributed by atoms with Crippen molar-refractivity contribution in [2.45, 2.75) is 38.9 Å². The molecule has 1 aliphatic rings. The summed E-state index contributed by atoms with van der Waals surface area (Å²) in [5.74, 6) is -0.274. The standard InChI is InChI=1S/C37H35N5O2/c1-28-12-13-30(25-38-28)16-19-36(43)41(26-31-14-17-34(18-15-31)42-22-7-21-39-42)35(24-29-8-3-2-4-9-29)37(44)40-23-20-32-10-5-6-11-33(32)27-40/h2-19,21-22,25,35H,20,23-24,26-27H2,1H3/b19-16+/t35-/m0/s1. The minimum atomic E-state index is -0.693. The van der Waals surface area contributed by atoms with Gasteiger partial charge < -0.3 is 9.80 Å². The van der Waals surface area contributed by atoms with Gasteiger partial charge in [0, 0.05) is 56.4 Å². The fourth-order valence-corrected chi connectivity index (χ4v) is 5.62. The quantitative estimate of drug-likeness (QED) is 0.206. The van der Waals surface area contributed by atoms with Crippen LogP contribution in [0.25, 0.3) is 11.8 Å². The topological polar surface area (TPSA) is 71.3 Å². The molecule has 0 saturated heterocycles. The Labute approximate surface area is 258 Å². The highest BCUT2D eigenvalue weighted by Crippen LogP contribution is 2.23. The van der Waals surface area contributed by atoms with Gasteiger partial charge in [-0.15, -0.1) is 0 Å². The number of nitrogens with zero attached hydrogens (tertiary/aromatic N) is 5. The van der Waals surface area contributed by atoms with Gasteiger partial charge in [0.15, 0.2) is 0 Å². The Hall–Kier alpha value is -5.30. The van der Waals surface area contributed by atoms with Crippen LogP contribution in [0.5, 0.6) is 0 Å². The average molecular weight is 582 g/mol. The molecule has 0 bridgehead atoms. The van der Waals surface area contributed by atoms with E-state index in [2.05, 4.69) is 22.2 Å². The van der Waals surface area contributed by atoms with Gasteiger partial charge in [-0.3, -0.25) is 14.6 Å². The summed E-state index contributed by atoms with van der Waals surface area (Å²) < 4.78 is 1.79. The summed E-state index contributed by atoms with van der Waals surface area (Å²) in [5, 5.41) is 4.32. The van der Waals surface area contributed by atoms with E-state index in [-0.39, 0.29) is 18.4 Å². The first kappa shape index (κ1) is 28.8. The lowest BCUT2D eigenvalue weighted by Gasteiger charge is -2.37. The van der Waals surface area contributed by atoms with E-state index < -0.39 is 6.04 Å². The van der Waals surface area contributed by atoms with Crippen LogP contribution in [-0.2, 0) is 35.5 Å². The predicted molar refractivity (Wildman–Crippen MR) is 172 cm³/mol. The third kappa shape index (κ3) is 6.84. The van der Waals surface area contributed by atoms with Gasteiger partial charge in [0.2, 0.25) is 11.8 Å². The molecule has 1 atom stereocenters. The summed E-state index contributed by atoms with van der Waals surface area (Å²) in [6.45, 7) is 3.36. The van der Waals surface area contributed by atoms with Crippen LogP contribution < -0.4 is 0 Å². The number of fused-ring (bicyclic) bond motifs is 1. The number of benzene rings is 3. The van der Waals surface area contributed by atoms with E-state index in [0.717, 1.165) is 40.1 Å². The minimum absolute atomic E-state index is 0.0460. The third-order valence-electron chi connectivity index (χ3n) is 8.07. The fraction of sp³-hybridized carbons (Fsp3) is 0.189. The van der Waals surface area contributed by atoms with Crippen LogP contribution in [-0.4, -0.2) is 49.0 Å². The second-order valence-electron chi connectivity index (χ2n) is 11.1. The SMILES string of the molecule is Cc1ccc(/C=C/C(=O)N(Cc2ccc(-n3cccn3)cc2)[C@@H](Cc2ccccc2)C(=O)N2CCc3ccccc3C2)cn1. The molecule has 2 amide bonds. The number of aryl methyl sites for hydroxylation is 1. The van der Waals surface area contributed by atoms with E-state index >= 15 is 0 Å². The molecule has 6 rings (SSSR count). The molecule has 0 fully saturated rings. The average Bonchev–Trinajstić information content (AvgIpc) is 3.61. The van der Waals surface area contributed by atoms with Crippen LogP contribution in [0.1, 0.15) is 33.5 Å². The molecular weight excluding hydrogens is 546 g/mol. The molecule has 7 heteroatoms. The molecule has 220 valence electrons. The Morgan fingerprint density at radius 1 is 0.886 bits per heavy atom. The number of hydrogen-bond donors (Lipinski definition) is 0. The molecule has 44 heavy (non-hydrogen) atoms. The molecule has 2 aromatic heterocycles. The Kier molecular flexibility index (Phi) is 8.73. The number of amides is 2. The highest BCUT2D eigenvalue weighted by Gasteiger charge is 2.34. The van der Waals surface area contributed by atoms with E-state index in [0.29, 0.717) is 19.5 Å². The molecule has 0 radical (unpaired) electrons. The van der Waals surface area contributed by atoms with Crippen LogP contribution in [0, 0.1) is 6.92 Å². The number of carbonyl (C=O) groups is 2. The zero-order valence-corrected chi connectivity index (χ0v) is 24.8. The van der Waals surface area contributed by atoms with Crippen molar-refractivity contribution in [3.8, 4) is 5.69 Å². The first-order valence-corrected chi connectivity index (χ1v) is 14.9. The third-order valence-corrected chi connectivity index (χ3v) is 8.07. The maximum atomic E-state index is 14.5. The van der Waals surface area contributed by atoms with E-state index in [1.165, 1.54) is 5.56 Å². The summed E-state index contributed by atoms with van der Waals surface area (Å²) in [6.07, 6.45) is 9.90. The monoisotopic (exact) mass is 581 g/mol. The van der Waals surface area contributed by atoms with Crippen molar-refractivity contribution in [3.63, 3.8) is 0 Å². The second-order valence-corrected chi connectivity index (χ2v) is 11.1. The molecule has 0 unspecified atom stereocenters. The van der Waals surface area contributed by atoms with E-state index in [4.69, 9.17) is 0 Å². The Morgan fingerprint density at radius 3 is 2.39 bits per heavy atom. The summed E-state index contributed by atoms with van der Waals surface area (Å²) in [6, 6.07) is 31.2. The first-order valence-electron chi connectivity index (χ1n) is 14.9. The van der Waals surface area contributed by atoms with Crippen molar-refractivity contribution in [1.82, 2.24) is 24.6 Å². The number of hydrogen-bond acceptors (Lipinski definition) is 4. The van der Waals surface area contributed by atoms with Gasteiger partial charge in [0.05, 0.1) is 5.69 Å². The molecule has 5 aromatic rings. The van der Waals surface area contributed by atoms with E-state index in [1.807, 2.05) is 103 Å². The largest absolute Gasteiger partial charge is 0.336 e. The molecule has 1 aliphatic heterocycles. The van der Waals surface area contributed by atoms with Crippen LogP contribution >= 0.6 is 0 Å². The lowest BCUT2D eigenvalue weighted by atomic mass is 9.97. The highest BCUT2D eigenvalue weighted by molar-refractivity contribution is 5.95. The highest BCUT2D eigenvalue weighted by atomic mass is 16.2. The van der Waals surface area contributed by atoms with Gasteiger partial charge in [-0.05, 0) is 71.5 Å². The van der Waals surface area contributed by atoms with Gasteiger partial charge >= 0.3 is 0 Å². The lowest BCUT2D eigenvalue weighted by Crippen LogP contribution is -2.52. The van der Waals surface area contributed by atoms with Gasteiger partial charge in [0.25, 0.3) is 0 Å². The fourth-order valence-electron chi connectivity index (χ4n) is 5.62. The number of carbonyl (C=O) groups excluding carboxylic acids is 2. The number of pyridine rings is 1. The molecular formula is C37H35N5O2. The Morgan fingerprint density at radius 2 is 1.66 bits per heavy atom. The van der Waals surface area contributed by atoms with Crippen LogP contribution in [0.2, 0.25) is 0 Å². The van der Waals surface area contributed by atoms with Crippen LogP contribution in [0.15, 0.2) is 122 Å². The number of aromatic nitrogens is 3. The summed E-state index contributed by atoms with van der Waals surface area (Å²) in [5.41, 5.74) is 7.01. The Balaban J connectivity index is 1.34. The van der Waals surface area contributed by atoms with E-state index in [1.54, 1.807) is 34.1 Å². The molecule has 0 spiro atoms. The van der Waals surface area contributed by atoms with Crippen LogP contribution in [0.4, 0.5) is 0 Å². The molecule has 0 aliphatic carbocycles.